The second kappa shape index (κ2) is 4.97. The van der Waals surface area contributed by atoms with Crippen molar-refractivity contribution in [2.75, 3.05) is 6.54 Å². The Hall–Kier alpha value is -2.56. The quantitative estimate of drug-likeness (QED) is 0.750. The first-order valence-corrected chi connectivity index (χ1v) is 6.07. The van der Waals surface area contributed by atoms with E-state index < -0.39 is 0 Å². The fourth-order valence-electron chi connectivity index (χ4n) is 2.07. The van der Waals surface area contributed by atoms with Crippen LogP contribution in [0.5, 0.6) is 0 Å². The van der Waals surface area contributed by atoms with Gasteiger partial charge < -0.3 is 14.8 Å². The molecule has 2 heterocycles. The van der Waals surface area contributed by atoms with Crippen molar-refractivity contribution in [3.05, 3.63) is 54.0 Å². The highest BCUT2D eigenvalue weighted by molar-refractivity contribution is 5.93. The van der Waals surface area contributed by atoms with Gasteiger partial charge in [-0.15, -0.1) is 0 Å². The summed E-state index contributed by atoms with van der Waals surface area (Å²) in [4.78, 5) is 14.9. The fraction of sp³-hybridized carbons (Fsp3) is 0.143. The van der Waals surface area contributed by atoms with Crippen LogP contribution in [-0.4, -0.2) is 22.6 Å². The monoisotopic (exact) mass is 255 g/mol. The van der Waals surface area contributed by atoms with Crippen LogP contribution >= 0.6 is 0 Å². The van der Waals surface area contributed by atoms with Crippen LogP contribution in [0.15, 0.2) is 47.4 Å². The Labute approximate surface area is 109 Å². The lowest BCUT2D eigenvalue weighted by atomic mass is 10.1. The van der Waals surface area contributed by atoms with Crippen molar-refractivity contribution in [1.29, 1.82) is 0 Å². The number of fused-ring (bicyclic) bond motifs is 1. The number of aromatic nitrogens is 2. The van der Waals surface area contributed by atoms with E-state index in [2.05, 4.69) is 26.0 Å². The molecule has 2 aromatic heterocycles. The predicted octanol–water partition coefficient (Wildman–Crippen LogP) is 2.13. The number of hydrogen-bond donors (Lipinski definition) is 2. The lowest BCUT2D eigenvalue weighted by molar-refractivity contribution is 0.0953. The molecule has 2 N–H and O–H groups in total. The van der Waals surface area contributed by atoms with Crippen molar-refractivity contribution in [3.63, 3.8) is 0 Å². The van der Waals surface area contributed by atoms with Gasteiger partial charge in [0.1, 0.15) is 6.26 Å². The summed E-state index contributed by atoms with van der Waals surface area (Å²) in [6.07, 6.45) is 5.50. The molecular weight excluding hydrogens is 242 g/mol. The molecule has 3 rings (SSSR count). The molecular formula is C14H13N3O2. The van der Waals surface area contributed by atoms with E-state index in [4.69, 9.17) is 0 Å². The van der Waals surface area contributed by atoms with Gasteiger partial charge in [0.2, 0.25) is 0 Å². The Kier molecular flexibility index (Phi) is 3.02. The standard InChI is InChI=1S/C14H13N3O2/c18-14(11-8-17-19-9-11)15-6-5-10-7-16-13-4-2-1-3-12(10)13/h1-4,7-9,16H,5-6H2,(H,15,18). The average Bonchev–Trinajstić information content (AvgIpc) is 3.08. The van der Waals surface area contributed by atoms with Crippen molar-refractivity contribution in [3.8, 4) is 0 Å². The number of rotatable bonds is 4. The maximum Gasteiger partial charge on any atom is 0.256 e. The van der Waals surface area contributed by atoms with Gasteiger partial charge in [-0.3, -0.25) is 4.79 Å². The molecule has 96 valence electrons. The van der Waals surface area contributed by atoms with E-state index in [-0.39, 0.29) is 5.91 Å². The van der Waals surface area contributed by atoms with E-state index in [1.807, 2.05) is 24.4 Å². The average molecular weight is 255 g/mol. The van der Waals surface area contributed by atoms with Gasteiger partial charge in [-0.25, -0.2) is 0 Å². The van der Waals surface area contributed by atoms with Gasteiger partial charge in [-0.1, -0.05) is 23.4 Å². The highest BCUT2D eigenvalue weighted by Gasteiger charge is 2.08. The third-order valence-electron chi connectivity index (χ3n) is 3.05. The molecule has 19 heavy (non-hydrogen) atoms. The predicted molar refractivity (Wildman–Crippen MR) is 70.8 cm³/mol. The lowest BCUT2D eigenvalue weighted by Gasteiger charge is -2.02. The van der Waals surface area contributed by atoms with Crippen molar-refractivity contribution in [2.24, 2.45) is 0 Å². The van der Waals surface area contributed by atoms with Gasteiger partial charge in [-0.05, 0) is 18.1 Å². The molecule has 0 aliphatic carbocycles. The minimum Gasteiger partial charge on any atom is -0.364 e. The first kappa shape index (κ1) is 11.5. The van der Waals surface area contributed by atoms with E-state index in [9.17, 15) is 4.79 Å². The van der Waals surface area contributed by atoms with E-state index in [0.29, 0.717) is 12.1 Å². The summed E-state index contributed by atoms with van der Waals surface area (Å²) in [6, 6.07) is 8.11. The van der Waals surface area contributed by atoms with Gasteiger partial charge in [-0.2, -0.15) is 0 Å². The molecule has 5 heteroatoms. The first-order chi connectivity index (χ1) is 9.34. The first-order valence-electron chi connectivity index (χ1n) is 6.07. The van der Waals surface area contributed by atoms with Crippen LogP contribution in [0.25, 0.3) is 10.9 Å². The highest BCUT2D eigenvalue weighted by atomic mass is 16.5. The number of amides is 1. The van der Waals surface area contributed by atoms with Gasteiger partial charge in [0.05, 0.1) is 11.8 Å². The topological polar surface area (TPSA) is 70.9 Å². The SMILES string of the molecule is O=C(NCCc1c[nH]c2ccccc12)c1cnoc1. The third kappa shape index (κ3) is 2.35. The summed E-state index contributed by atoms with van der Waals surface area (Å²) in [5.41, 5.74) is 2.75. The number of carbonyl (C=O) groups excluding carboxylic acids is 1. The molecule has 3 aromatic rings. The zero-order valence-corrected chi connectivity index (χ0v) is 10.2. The molecule has 0 unspecified atom stereocenters. The molecule has 0 aliphatic rings. The smallest absolute Gasteiger partial charge is 0.256 e. The molecule has 1 amide bonds. The van der Waals surface area contributed by atoms with Gasteiger partial charge in [0, 0.05) is 23.6 Å². The van der Waals surface area contributed by atoms with Crippen molar-refractivity contribution in [2.45, 2.75) is 6.42 Å². The summed E-state index contributed by atoms with van der Waals surface area (Å²) in [6.45, 7) is 0.575. The van der Waals surface area contributed by atoms with Crippen LogP contribution in [0.3, 0.4) is 0 Å². The zero-order chi connectivity index (χ0) is 13.1. The van der Waals surface area contributed by atoms with Crippen LogP contribution in [-0.2, 0) is 6.42 Å². The van der Waals surface area contributed by atoms with Crippen LogP contribution in [0, 0.1) is 0 Å². The molecule has 0 saturated carbocycles. The van der Waals surface area contributed by atoms with Gasteiger partial charge in [0.25, 0.3) is 5.91 Å². The van der Waals surface area contributed by atoms with E-state index in [1.54, 1.807) is 0 Å². The Balaban J connectivity index is 1.62. The maximum absolute atomic E-state index is 11.7. The Bertz CT molecular complexity index is 686. The fourth-order valence-corrected chi connectivity index (χ4v) is 2.07. The number of hydrogen-bond acceptors (Lipinski definition) is 3. The molecule has 5 nitrogen and oxygen atoms in total. The number of benzene rings is 1. The lowest BCUT2D eigenvalue weighted by Crippen LogP contribution is -2.25. The van der Waals surface area contributed by atoms with Gasteiger partial charge >= 0.3 is 0 Å². The second-order valence-electron chi connectivity index (χ2n) is 4.28. The highest BCUT2D eigenvalue weighted by Crippen LogP contribution is 2.17. The normalized spacial score (nSPS) is 10.7. The van der Waals surface area contributed by atoms with Crippen LogP contribution in [0.1, 0.15) is 15.9 Å². The Morgan fingerprint density at radius 1 is 1.37 bits per heavy atom. The third-order valence-corrected chi connectivity index (χ3v) is 3.05. The zero-order valence-electron chi connectivity index (χ0n) is 10.2. The summed E-state index contributed by atoms with van der Waals surface area (Å²) >= 11 is 0. The number of aromatic amines is 1. The van der Waals surface area contributed by atoms with Crippen LogP contribution in [0.2, 0.25) is 0 Å². The van der Waals surface area contributed by atoms with E-state index in [0.717, 1.165) is 11.9 Å². The molecule has 1 aromatic carbocycles. The minimum atomic E-state index is -0.166. The molecule has 0 radical (unpaired) electrons. The molecule has 0 saturated heterocycles. The largest absolute Gasteiger partial charge is 0.364 e. The summed E-state index contributed by atoms with van der Waals surface area (Å²) in [5, 5.41) is 7.53. The number of para-hydroxylation sites is 1. The summed E-state index contributed by atoms with van der Waals surface area (Å²) < 4.78 is 4.63. The number of carbonyl (C=O) groups is 1. The van der Waals surface area contributed by atoms with Crippen molar-refractivity contribution < 1.29 is 9.32 Å². The molecule has 0 fully saturated rings. The number of nitrogens with one attached hydrogen (secondary N) is 2. The van der Waals surface area contributed by atoms with Gasteiger partial charge in [0.15, 0.2) is 0 Å². The summed E-state index contributed by atoms with van der Waals surface area (Å²) in [7, 11) is 0. The minimum absolute atomic E-state index is 0.166. The number of H-pyrrole nitrogens is 1. The molecule has 0 atom stereocenters. The molecule has 0 bridgehead atoms. The van der Waals surface area contributed by atoms with E-state index >= 15 is 0 Å². The Morgan fingerprint density at radius 3 is 3.11 bits per heavy atom. The molecule has 0 aliphatic heterocycles. The Morgan fingerprint density at radius 2 is 2.26 bits per heavy atom. The second-order valence-corrected chi connectivity index (χ2v) is 4.28. The van der Waals surface area contributed by atoms with Crippen LogP contribution in [0.4, 0.5) is 0 Å². The van der Waals surface area contributed by atoms with Crippen LogP contribution < -0.4 is 5.32 Å². The van der Waals surface area contributed by atoms with Crippen molar-refractivity contribution in [1.82, 2.24) is 15.5 Å². The summed E-state index contributed by atoms with van der Waals surface area (Å²) in [5.74, 6) is -0.166. The van der Waals surface area contributed by atoms with Crippen molar-refractivity contribution >= 4 is 16.8 Å². The molecule has 0 spiro atoms. The maximum atomic E-state index is 11.7. The van der Waals surface area contributed by atoms with E-state index in [1.165, 1.54) is 23.4 Å². The number of nitrogens with zero attached hydrogens (tertiary/aromatic N) is 1.